The number of nitrogens with one attached hydrogen (secondary N) is 2. The number of hydrogen-bond donors (Lipinski definition) is 2. The van der Waals surface area contributed by atoms with Crippen LogP contribution in [0.2, 0.25) is 0 Å². The predicted octanol–water partition coefficient (Wildman–Crippen LogP) is 0.630. The van der Waals surface area contributed by atoms with Crippen LogP contribution in [0, 0.1) is 11.8 Å². The van der Waals surface area contributed by atoms with Crippen molar-refractivity contribution in [3.8, 4) is 11.8 Å². The molecule has 1 unspecified atom stereocenters. The second-order valence-corrected chi connectivity index (χ2v) is 7.27. The van der Waals surface area contributed by atoms with Crippen LogP contribution in [-0.2, 0) is 14.3 Å². The second-order valence-electron chi connectivity index (χ2n) is 7.27. The van der Waals surface area contributed by atoms with Gasteiger partial charge >= 0.3 is 0 Å². The Morgan fingerprint density at radius 1 is 1.03 bits per heavy atom. The van der Waals surface area contributed by atoms with E-state index in [1.54, 1.807) is 18.2 Å². The van der Waals surface area contributed by atoms with Crippen molar-refractivity contribution in [2.24, 2.45) is 0 Å². The average molecular weight is 432 g/mol. The maximum absolute atomic E-state index is 12.8. The molecule has 3 aliphatic rings. The van der Waals surface area contributed by atoms with E-state index in [1.807, 2.05) is 0 Å². The largest absolute Gasteiger partial charge is 0.365 e. The highest BCUT2D eigenvalue weighted by Gasteiger charge is 2.44. The standard InChI is InChI=1S/C21H21N3O5.ClH/c25-18-6-5-17(19(26)23-18)24-20(27)15-4-3-13(12-16(15)21(24)28)2-1-11-29-14-7-9-22-10-8-14;/h3-4,12,14,17,22H,5-11H2,(H,23,25,26);1H. The molecule has 9 heteroatoms. The molecule has 1 aromatic rings. The molecule has 158 valence electrons. The fourth-order valence-corrected chi connectivity index (χ4v) is 3.81. The lowest BCUT2D eigenvalue weighted by Gasteiger charge is -2.27. The SMILES string of the molecule is Cl.O=C1CCC(N2C(=O)c3ccc(C#CCOC4CCNCC4)cc3C2=O)C(=O)N1. The zero-order valence-electron chi connectivity index (χ0n) is 16.2. The summed E-state index contributed by atoms with van der Waals surface area (Å²) in [7, 11) is 0. The molecule has 4 rings (SSSR count). The molecule has 2 N–H and O–H groups in total. The van der Waals surface area contributed by atoms with E-state index < -0.39 is 29.7 Å². The molecule has 0 saturated carbocycles. The smallest absolute Gasteiger partial charge is 0.262 e. The first-order valence-electron chi connectivity index (χ1n) is 9.71. The van der Waals surface area contributed by atoms with Crippen LogP contribution < -0.4 is 10.6 Å². The fraction of sp³-hybridized carbons (Fsp3) is 0.429. The van der Waals surface area contributed by atoms with E-state index >= 15 is 0 Å². The Morgan fingerprint density at radius 2 is 1.77 bits per heavy atom. The molecular weight excluding hydrogens is 410 g/mol. The second kappa shape index (κ2) is 9.39. The number of piperidine rings is 2. The molecule has 4 amide bonds. The molecule has 1 atom stereocenters. The molecule has 2 saturated heterocycles. The Bertz CT molecular complexity index is 946. The number of rotatable bonds is 3. The van der Waals surface area contributed by atoms with Gasteiger partial charge in [-0.1, -0.05) is 11.8 Å². The molecule has 0 radical (unpaired) electrons. The molecule has 3 aliphatic heterocycles. The van der Waals surface area contributed by atoms with Crippen molar-refractivity contribution >= 4 is 36.0 Å². The molecule has 0 spiro atoms. The number of benzene rings is 1. The van der Waals surface area contributed by atoms with E-state index in [1.165, 1.54) is 0 Å². The molecule has 0 aromatic heterocycles. The summed E-state index contributed by atoms with van der Waals surface area (Å²) in [6, 6.07) is 3.83. The topological polar surface area (TPSA) is 105 Å². The van der Waals surface area contributed by atoms with Gasteiger partial charge in [0.15, 0.2) is 0 Å². The van der Waals surface area contributed by atoms with Crippen molar-refractivity contribution in [2.45, 2.75) is 37.8 Å². The third kappa shape index (κ3) is 4.38. The number of carbonyl (C=O) groups is 4. The number of fused-ring (bicyclic) bond motifs is 1. The molecule has 0 aliphatic carbocycles. The van der Waals surface area contributed by atoms with E-state index in [9.17, 15) is 19.2 Å². The third-order valence-corrected chi connectivity index (χ3v) is 5.35. The van der Waals surface area contributed by atoms with Gasteiger partial charge in [0.25, 0.3) is 11.8 Å². The first-order chi connectivity index (χ1) is 14.0. The summed E-state index contributed by atoms with van der Waals surface area (Å²) in [5.41, 5.74) is 1.07. The molecule has 1 aromatic carbocycles. The Labute approximate surface area is 180 Å². The zero-order chi connectivity index (χ0) is 20.4. The van der Waals surface area contributed by atoms with Crippen LogP contribution in [0.25, 0.3) is 0 Å². The monoisotopic (exact) mass is 431 g/mol. The summed E-state index contributed by atoms with van der Waals surface area (Å²) in [4.78, 5) is 49.8. The van der Waals surface area contributed by atoms with Gasteiger partial charge in [-0.3, -0.25) is 29.4 Å². The summed E-state index contributed by atoms with van der Waals surface area (Å²) in [6.45, 7) is 2.20. The molecule has 0 bridgehead atoms. The van der Waals surface area contributed by atoms with E-state index in [0.717, 1.165) is 30.8 Å². The van der Waals surface area contributed by atoms with Crippen LogP contribution >= 0.6 is 12.4 Å². The van der Waals surface area contributed by atoms with E-state index in [-0.39, 0.29) is 42.5 Å². The number of hydrogen-bond acceptors (Lipinski definition) is 6. The lowest BCUT2D eigenvalue weighted by atomic mass is 10.0. The number of carbonyl (C=O) groups excluding carboxylic acids is 4. The molecular formula is C21H22ClN3O5. The summed E-state index contributed by atoms with van der Waals surface area (Å²) in [5, 5.41) is 5.46. The van der Waals surface area contributed by atoms with Gasteiger partial charge in [0.1, 0.15) is 12.6 Å². The van der Waals surface area contributed by atoms with E-state index in [0.29, 0.717) is 12.2 Å². The molecule has 3 heterocycles. The summed E-state index contributed by atoms with van der Waals surface area (Å²) < 4.78 is 5.74. The highest BCUT2D eigenvalue weighted by atomic mass is 35.5. The fourth-order valence-electron chi connectivity index (χ4n) is 3.81. The van der Waals surface area contributed by atoms with Gasteiger partial charge < -0.3 is 10.1 Å². The highest BCUT2D eigenvalue weighted by molar-refractivity contribution is 6.23. The first kappa shape index (κ1) is 22.0. The van der Waals surface area contributed by atoms with Crippen LogP contribution in [0.1, 0.15) is 52.0 Å². The number of halogens is 1. The number of imide groups is 2. The average Bonchev–Trinajstić information content (AvgIpc) is 2.96. The van der Waals surface area contributed by atoms with Crippen molar-refractivity contribution in [1.29, 1.82) is 0 Å². The Morgan fingerprint density at radius 3 is 2.50 bits per heavy atom. The minimum Gasteiger partial charge on any atom is -0.365 e. The lowest BCUT2D eigenvalue weighted by Crippen LogP contribution is -2.54. The predicted molar refractivity (Wildman–Crippen MR) is 109 cm³/mol. The van der Waals surface area contributed by atoms with Gasteiger partial charge in [-0.15, -0.1) is 12.4 Å². The van der Waals surface area contributed by atoms with Gasteiger partial charge in [0.2, 0.25) is 11.8 Å². The minimum atomic E-state index is -0.965. The highest BCUT2D eigenvalue weighted by Crippen LogP contribution is 2.28. The van der Waals surface area contributed by atoms with Crippen molar-refractivity contribution < 1.29 is 23.9 Å². The van der Waals surface area contributed by atoms with Crippen LogP contribution in [0.3, 0.4) is 0 Å². The van der Waals surface area contributed by atoms with Crippen LogP contribution in [0.15, 0.2) is 18.2 Å². The maximum atomic E-state index is 12.8. The van der Waals surface area contributed by atoms with Crippen molar-refractivity contribution in [3.05, 3.63) is 34.9 Å². The Kier molecular flexibility index (Phi) is 6.87. The zero-order valence-corrected chi connectivity index (χ0v) is 17.0. The summed E-state index contributed by atoms with van der Waals surface area (Å²) in [5.74, 6) is 3.84. The van der Waals surface area contributed by atoms with E-state index in [4.69, 9.17) is 4.74 Å². The van der Waals surface area contributed by atoms with Gasteiger partial charge in [-0.25, -0.2) is 0 Å². The third-order valence-electron chi connectivity index (χ3n) is 5.35. The van der Waals surface area contributed by atoms with Gasteiger partial charge in [-0.05, 0) is 50.6 Å². The Balaban J connectivity index is 0.00000256. The van der Waals surface area contributed by atoms with Crippen molar-refractivity contribution in [3.63, 3.8) is 0 Å². The molecule has 30 heavy (non-hydrogen) atoms. The summed E-state index contributed by atoms with van der Waals surface area (Å²) in [6.07, 6.45) is 2.38. The van der Waals surface area contributed by atoms with Gasteiger partial charge in [0.05, 0.1) is 17.2 Å². The molecule has 2 fully saturated rings. The molecule has 8 nitrogen and oxygen atoms in total. The van der Waals surface area contributed by atoms with Gasteiger partial charge in [0, 0.05) is 12.0 Å². The number of amides is 4. The van der Waals surface area contributed by atoms with Crippen molar-refractivity contribution in [1.82, 2.24) is 15.5 Å². The quantitative estimate of drug-likeness (QED) is 0.537. The normalized spacial score (nSPS) is 21.5. The van der Waals surface area contributed by atoms with Crippen LogP contribution in [-0.4, -0.2) is 60.4 Å². The van der Waals surface area contributed by atoms with Gasteiger partial charge in [-0.2, -0.15) is 0 Å². The maximum Gasteiger partial charge on any atom is 0.262 e. The van der Waals surface area contributed by atoms with Crippen LogP contribution in [0.4, 0.5) is 0 Å². The Hall–Kier alpha value is -2.73. The summed E-state index contributed by atoms with van der Waals surface area (Å²) >= 11 is 0. The first-order valence-corrected chi connectivity index (χ1v) is 9.71. The minimum absolute atomic E-state index is 0. The van der Waals surface area contributed by atoms with E-state index in [2.05, 4.69) is 22.5 Å². The van der Waals surface area contributed by atoms with Crippen LogP contribution in [0.5, 0.6) is 0 Å². The van der Waals surface area contributed by atoms with Crippen molar-refractivity contribution in [2.75, 3.05) is 19.7 Å². The number of nitrogens with zero attached hydrogens (tertiary/aromatic N) is 1. The number of ether oxygens (including phenoxy) is 1. The lowest BCUT2D eigenvalue weighted by molar-refractivity contribution is -0.136.